The molecule has 1 aliphatic carbocycles. The predicted molar refractivity (Wildman–Crippen MR) is 143 cm³/mol. The number of aromatic hydroxyl groups is 1. The molecule has 4 atom stereocenters. The van der Waals surface area contributed by atoms with Gasteiger partial charge in [-0.25, -0.2) is 0 Å². The van der Waals surface area contributed by atoms with Crippen molar-refractivity contribution in [2.75, 3.05) is 6.61 Å². The molecule has 3 aliphatic rings. The predicted octanol–water partition coefficient (Wildman–Crippen LogP) is 6.61. The third-order valence-corrected chi connectivity index (χ3v) is 9.13. The van der Waals surface area contributed by atoms with Gasteiger partial charge in [-0.15, -0.1) is 11.3 Å². The number of benzene rings is 1. The Labute approximate surface area is 221 Å². The molecule has 0 unspecified atom stereocenters. The quantitative estimate of drug-likeness (QED) is 0.311. The second-order valence-corrected chi connectivity index (χ2v) is 11.4. The third-order valence-electron chi connectivity index (χ3n) is 7.95. The van der Waals surface area contributed by atoms with E-state index < -0.39 is 0 Å². The smallest absolute Gasteiger partial charge is 0.234 e. The molecule has 2 saturated heterocycles. The van der Waals surface area contributed by atoms with Crippen LogP contribution in [0.15, 0.2) is 52.4 Å². The molecule has 0 radical (unpaired) electrons. The lowest BCUT2D eigenvalue weighted by molar-refractivity contribution is -0.140. The number of rotatable bonds is 8. The fourth-order valence-corrected chi connectivity index (χ4v) is 7.03. The van der Waals surface area contributed by atoms with Crippen molar-refractivity contribution in [2.45, 2.75) is 58.6 Å². The number of carbonyl (C=O) groups is 2. The highest BCUT2D eigenvalue weighted by Gasteiger charge is 2.56. The van der Waals surface area contributed by atoms with Gasteiger partial charge in [-0.2, -0.15) is 0 Å². The molecule has 1 aromatic carbocycles. The number of halogens is 1. The minimum Gasteiger partial charge on any atom is -0.508 e. The number of fused-ring (bicyclic) bond motifs is 3. The van der Waals surface area contributed by atoms with Crippen LogP contribution in [-0.4, -0.2) is 34.5 Å². The van der Waals surface area contributed by atoms with Crippen molar-refractivity contribution >= 4 is 40.8 Å². The van der Waals surface area contributed by atoms with Crippen LogP contribution >= 0.6 is 22.9 Å². The number of phenolic OH excluding ortho intramolecular Hbond substituents is 1. The van der Waals surface area contributed by atoms with E-state index in [1.807, 2.05) is 23.6 Å². The topological polar surface area (TPSA) is 66.8 Å². The Balaban J connectivity index is 1.33. The summed E-state index contributed by atoms with van der Waals surface area (Å²) in [5.74, 6) is -0.459. The van der Waals surface area contributed by atoms with Crippen LogP contribution in [0.3, 0.4) is 0 Å². The van der Waals surface area contributed by atoms with E-state index in [2.05, 4.69) is 19.9 Å². The first-order chi connectivity index (χ1) is 17.4. The Morgan fingerprint density at radius 3 is 2.75 bits per heavy atom. The maximum absolute atomic E-state index is 13.5. The zero-order valence-electron chi connectivity index (χ0n) is 20.7. The number of likely N-dealkylation sites (tertiary alicyclic amines) is 1. The fraction of sp³-hybridized carbons (Fsp3) is 0.448. The summed E-state index contributed by atoms with van der Waals surface area (Å²) in [5, 5.41) is 12.1. The van der Waals surface area contributed by atoms with Crippen LogP contribution in [-0.2, 0) is 20.9 Å². The lowest BCUT2D eigenvalue weighted by Gasteiger charge is -2.31. The number of hydrogen-bond donors (Lipinski definition) is 1. The van der Waals surface area contributed by atoms with Gasteiger partial charge in [0.05, 0.1) is 36.1 Å². The fourth-order valence-electron chi connectivity index (χ4n) is 6.11. The number of allylic oxidation sites excluding steroid dienone is 2. The highest BCUT2D eigenvalue weighted by atomic mass is 35.5. The summed E-state index contributed by atoms with van der Waals surface area (Å²) >= 11 is 7.90. The van der Waals surface area contributed by atoms with Gasteiger partial charge in [0.2, 0.25) is 11.8 Å². The van der Waals surface area contributed by atoms with Crippen molar-refractivity contribution < 1.29 is 19.4 Å². The number of imide groups is 1. The first-order valence-corrected chi connectivity index (χ1v) is 14.1. The molecular weight excluding hydrogens is 494 g/mol. The highest BCUT2D eigenvalue weighted by Crippen LogP contribution is 2.50. The Kier molecular flexibility index (Phi) is 7.38. The molecule has 0 bridgehead atoms. The summed E-state index contributed by atoms with van der Waals surface area (Å²) in [6, 6.07) is 8.97. The van der Waals surface area contributed by atoms with Gasteiger partial charge in [-0.3, -0.25) is 14.5 Å². The number of thiophene rings is 1. The van der Waals surface area contributed by atoms with Crippen LogP contribution in [0.25, 0.3) is 6.08 Å². The largest absolute Gasteiger partial charge is 0.508 e. The van der Waals surface area contributed by atoms with Gasteiger partial charge in [0.1, 0.15) is 5.75 Å². The maximum Gasteiger partial charge on any atom is 0.234 e. The summed E-state index contributed by atoms with van der Waals surface area (Å²) in [5.41, 5.74) is 4.73. The molecule has 0 saturated carbocycles. The van der Waals surface area contributed by atoms with Crippen LogP contribution in [0.1, 0.15) is 56.4 Å². The molecule has 2 fully saturated rings. The van der Waals surface area contributed by atoms with Crippen molar-refractivity contribution in [3.63, 3.8) is 0 Å². The van der Waals surface area contributed by atoms with Crippen LogP contribution < -0.4 is 0 Å². The van der Waals surface area contributed by atoms with Crippen molar-refractivity contribution in [3.8, 4) is 5.75 Å². The number of carbonyl (C=O) groups excluding carboxylic acids is 2. The number of ether oxygens (including phenoxy) is 1. The summed E-state index contributed by atoms with van der Waals surface area (Å²) in [6.45, 7) is 5.15. The van der Waals surface area contributed by atoms with Crippen molar-refractivity contribution in [3.05, 3.63) is 67.9 Å². The minimum absolute atomic E-state index is 0.00548. The molecule has 1 aromatic heterocycles. The molecule has 5 nitrogen and oxygen atoms in total. The number of hydrogen-bond acceptors (Lipinski definition) is 5. The van der Waals surface area contributed by atoms with E-state index in [0.29, 0.717) is 24.6 Å². The second-order valence-electron chi connectivity index (χ2n) is 9.92. The number of nitrogens with zero attached hydrogens (tertiary/aromatic N) is 1. The molecule has 5 rings (SSSR count). The SMILES string of the molecule is CCC1=C2[C@@H](CC/C(=C/c3ccc(O)cc3Cl)CC)OC[C@@H]2[C@@H]2C(=O)N(Cc3cccs3)C(=O)[C@@H]2C1. The third kappa shape index (κ3) is 4.67. The van der Waals surface area contributed by atoms with E-state index >= 15 is 0 Å². The molecule has 2 aromatic rings. The molecule has 190 valence electrons. The van der Waals surface area contributed by atoms with Crippen LogP contribution in [0.2, 0.25) is 5.02 Å². The highest BCUT2D eigenvalue weighted by molar-refractivity contribution is 7.09. The van der Waals surface area contributed by atoms with Gasteiger partial charge in [0.25, 0.3) is 0 Å². The average molecular weight is 526 g/mol. The summed E-state index contributed by atoms with van der Waals surface area (Å²) in [6.07, 6.45) is 6.20. The van der Waals surface area contributed by atoms with Crippen LogP contribution in [0.4, 0.5) is 0 Å². The summed E-state index contributed by atoms with van der Waals surface area (Å²) in [4.78, 5) is 29.3. The van der Waals surface area contributed by atoms with E-state index in [4.69, 9.17) is 16.3 Å². The molecule has 2 aliphatic heterocycles. The lowest BCUT2D eigenvalue weighted by Crippen LogP contribution is -2.34. The van der Waals surface area contributed by atoms with Crippen molar-refractivity contribution in [2.24, 2.45) is 17.8 Å². The van der Waals surface area contributed by atoms with E-state index in [1.54, 1.807) is 23.5 Å². The number of amides is 2. The van der Waals surface area contributed by atoms with Gasteiger partial charge in [0, 0.05) is 10.8 Å². The van der Waals surface area contributed by atoms with E-state index in [9.17, 15) is 14.7 Å². The Hall–Kier alpha value is -2.41. The number of phenols is 1. The molecule has 2 amide bonds. The van der Waals surface area contributed by atoms with Crippen LogP contribution in [0.5, 0.6) is 5.75 Å². The molecule has 0 spiro atoms. The van der Waals surface area contributed by atoms with Gasteiger partial charge < -0.3 is 9.84 Å². The first-order valence-electron chi connectivity index (χ1n) is 12.8. The molecule has 1 N–H and O–H groups in total. The Bertz CT molecular complexity index is 1220. The van der Waals surface area contributed by atoms with Gasteiger partial charge in [-0.1, -0.05) is 48.7 Å². The standard InChI is InChI=1S/C29H32ClNO4S/c1-3-17(12-19-8-9-20(32)14-24(19)30)7-10-25-26-18(4-2)13-22-27(23(26)16-35-25)29(34)31(28(22)33)15-21-6-5-11-36-21/h5-6,8-9,11-12,14,22-23,25,27,32H,3-4,7,10,13,15-16H2,1-2H3/b17-12+/t22-,23+,25-,27-/m1/s1. The van der Waals surface area contributed by atoms with Gasteiger partial charge in [0.15, 0.2) is 0 Å². The summed E-state index contributed by atoms with van der Waals surface area (Å²) < 4.78 is 6.33. The Morgan fingerprint density at radius 2 is 2.06 bits per heavy atom. The first kappa shape index (κ1) is 25.2. The second kappa shape index (κ2) is 10.5. The van der Waals surface area contributed by atoms with Gasteiger partial charge in [-0.05, 0) is 72.9 Å². The van der Waals surface area contributed by atoms with Gasteiger partial charge >= 0.3 is 0 Å². The van der Waals surface area contributed by atoms with Crippen molar-refractivity contribution in [1.29, 1.82) is 0 Å². The normalized spacial score (nSPS) is 26.1. The Morgan fingerprint density at radius 1 is 1.22 bits per heavy atom. The van der Waals surface area contributed by atoms with E-state index in [0.717, 1.165) is 36.1 Å². The lowest BCUT2D eigenvalue weighted by atomic mass is 9.69. The zero-order chi connectivity index (χ0) is 25.4. The van der Waals surface area contributed by atoms with E-state index in [-0.39, 0.29) is 41.4 Å². The molecule has 3 heterocycles. The zero-order valence-corrected chi connectivity index (χ0v) is 22.3. The average Bonchev–Trinajstić information content (AvgIpc) is 3.59. The van der Waals surface area contributed by atoms with Crippen LogP contribution in [0, 0.1) is 17.8 Å². The monoisotopic (exact) mass is 525 g/mol. The minimum atomic E-state index is -0.301. The summed E-state index contributed by atoms with van der Waals surface area (Å²) in [7, 11) is 0. The van der Waals surface area contributed by atoms with E-state index in [1.165, 1.54) is 21.6 Å². The van der Waals surface area contributed by atoms with Crippen molar-refractivity contribution in [1.82, 2.24) is 4.90 Å². The maximum atomic E-state index is 13.5. The molecular formula is C29H32ClNO4S. The molecule has 7 heteroatoms. The molecule has 36 heavy (non-hydrogen) atoms.